The van der Waals surface area contributed by atoms with Crippen LogP contribution < -0.4 is 4.74 Å². The molecule has 7 nitrogen and oxygen atoms in total. The van der Waals surface area contributed by atoms with Crippen LogP contribution in [0.25, 0.3) is 0 Å². The molecule has 1 heterocycles. The molecular weight excluding hydrogens is 520 g/mol. The predicted octanol–water partition coefficient (Wildman–Crippen LogP) is 4.42. The van der Waals surface area contributed by atoms with Gasteiger partial charge in [-0.25, -0.2) is 0 Å². The topological polar surface area (TPSA) is 105 Å². The Morgan fingerprint density at radius 3 is 2.38 bits per heavy atom. The van der Waals surface area contributed by atoms with Crippen molar-refractivity contribution in [2.75, 3.05) is 13.2 Å². The first-order chi connectivity index (χ1) is 18.9. The highest BCUT2D eigenvalue weighted by molar-refractivity contribution is 6.31. The van der Waals surface area contributed by atoms with Crippen molar-refractivity contribution < 1.29 is 34.3 Å². The lowest BCUT2D eigenvalue weighted by Gasteiger charge is -2.40. The molecule has 5 atom stereocenters. The summed E-state index contributed by atoms with van der Waals surface area (Å²) in [6, 6.07) is 22.8. The molecule has 0 aromatic heterocycles. The van der Waals surface area contributed by atoms with E-state index in [0.717, 1.165) is 28.9 Å². The number of hydrogen-bond acceptors (Lipinski definition) is 7. The van der Waals surface area contributed by atoms with Crippen LogP contribution in [0, 0.1) is 0 Å². The van der Waals surface area contributed by atoms with Crippen LogP contribution in [0.3, 0.4) is 0 Å². The van der Waals surface area contributed by atoms with Gasteiger partial charge in [0.1, 0.15) is 42.9 Å². The Morgan fingerprint density at radius 2 is 1.67 bits per heavy atom. The molecule has 1 saturated heterocycles. The van der Waals surface area contributed by atoms with Gasteiger partial charge >= 0.3 is 5.97 Å². The summed E-state index contributed by atoms with van der Waals surface area (Å²) in [5, 5.41) is 32.3. The SMILES string of the molecule is CCOc1ccc(Cc2cc([C@@H]3O[C@H](COC(=O)CCCc4ccccc4)[C@@H](O)[C@H](O)[C@H]3O)ccc2Cl)cc1. The second-order valence-corrected chi connectivity index (χ2v) is 10.1. The fourth-order valence-corrected chi connectivity index (χ4v) is 4.87. The van der Waals surface area contributed by atoms with Gasteiger partial charge in [0.25, 0.3) is 0 Å². The van der Waals surface area contributed by atoms with Gasteiger partial charge in [-0.15, -0.1) is 0 Å². The van der Waals surface area contributed by atoms with Gasteiger partial charge in [0.05, 0.1) is 6.61 Å². The molecule has 0 bridgehead atoms. The first-order valence-corrected chi connectivity index (χ1v) is 13.6. The van der Waals surface area contributed by atoms with Gasteiger partial charge in [0, 0.05) is 11.4 Å². The Balaban J connectivity index is 1.38. The second kappa shape index (κ2) is 13.9. The molecule has 0 unspecified atom stereocenters. The summed E-state index contributed by atoms with van der Waals surface area (Å²) in [6.45, 7) is 2.28. The maximum Gasteiger partial charge on any atom is 0.305 e. The molecule has 1 aliphatic heterocycles. The lowest BCUT2D eigenvalue weighted by atomic mass is 9.90. The van der Waals surface area contributed by atoms with Crippen LogP contribution in [0.2, 0.25) is 5.02 Å². The fourth-order valence-electron chi connectivity index (χ4n) is 4.69. The highest BCUT2D eigenvalue weighted by Crippen LogP contribution is 2.35. The molecule has 4 rings (SSSR count). The van der Waals surface area contributed by atoms with Crippen molar-refractivity contribution in [1.82, 2.24) is 0 Å². The van der Waals surface area contributed by atoms with E-state index in [1.54, 1.807) is 12.1 Å². The normalized spacial score (nSPS) is 22.8. The third-order valence-electron chi connectivity index (χ3n) is 6.84. The number of carbonyl (C=O) groups is 1. The molecule has 0 radical (unpaired) electrons. The Labute approximate surface area is 233 Å². The zero-order chi connectivity index (χ0) is 27.8. The van der Waals surface area contributed by atoms with Gasteiger partial charge in [-0.2, -0.15) is 0 Å². The number of rotatable bonds is 11. The van der Waals surface area contributed by atoms with Crippen LogP contribution in [-0.2, 0) is 27.1 Å². The summed E-state index contributed by atoms with van der Waals surface area (Å²) in [5.74, 6) is 0.373. The van der Waals surface area contributed by atoms with E-state index in [9.17, 15) is 20.1 Å². The van der Waals surface area contributed by atoms with E-state index >= 15 is 0 Å². The summed E-state index contributed by atoms with van der Waals surface area (Å²) in [6.07, 6.45) is -4.07. The highest BCUT2D eigenvalue weighted by atomic mass is 35.5. The number of aryl methyl sites for hydroxylation is 1. The van der Waals surface area contributed by atoms with Crippen molar-refractivity contribution in [3.05, 3.63) is 100 Å². The minimum Gasteiger partial charge on any atom is -0.494 e. The summed E-state index contributed by atoms with van der Waals surface area (Å²) < 4.78 is 16.8. The number of ether oxygens (including phenoxy) is 3. The number of carbonyl (C=O) groups excluding carboxylic acids is 1. The van der Waals surface area contributed by atoms with Gasteiger partial charge in [-0.05, 0) is 66.6 Å². The molecule has 3 aromatic carbocycles. The standard InChI is InChI=1S/C31H35ClO7/c1-2-37-24-14-11-21(12-15-24)17-23-18-22(13-16-25(23)32)31-30(36)29(35)28(34)26(39-31)19-38-27(33)10-6-9-20-7-4-3-5-8-20/h3-5,7-8,11-16,18,26,28-31,34-36H,2,6,9-10,17,19H2,1H3/t26-,28-,29+,30-,31+/m1/s1. The minimum atomic E-state index is -1.48. The Kier molecular flexibility index (Phi) is 10.4. The van der Waals surface area contributed by atoms with Gasteiger partial charge in [-0.1, -0.05) is 66.2 Å². The van der Waals surface area contributed by atoms with Gasteiger partial charge in [0.15, 0.2) is 0 Å². The van der Waals surface area contributed by atoms with E-state index in [1.807, 2.05) is 67.6 Å². The average Bonchev–Trinajstić information content (AvgIpc) is 2.94. The monoisotopic (exact) mass is 554 g/mol. The third-order valence-corrected chi connectivity index (χ3v) is 7.21. The molecule has 39 heavy (non-hydrogen) atoms. The Morgan fingerprint density at radius 1 is 0.923 bits per heavy atom. The molecule has 0 aliphatic carbocycles. The van der Waals surface area contributed by atoms with Crippen LogP contribution in [0.4, 0.5) is 0 Å². The van der Waals surface area contributed by atoms with Crippen molar-refractivity contribution in [1.29, 1.82) is 0 Å². The van der Waals surface area contributed by atoms with Crippen LogP contribution in [-0.4, -0.2) is 58.9 Å². The minimum absolute atomic E-state index is 0.221. The van der Waals surface area contributed by atoms with Crippen molar-refractivity contribution in [3.8, 4) is 5.75 Å². The first-order valence-electron chi connectivity index (χ1n) is 13.2. The van der Waals surface area contributed by atoms with E-state index in [0.29, 0.717) is 30.0 Å². The van der Waals surface area contributed by atoms with Crippen LogP contribution >= 0.6 is 11.6 Å². The maximum atomic E-state index is 12.3. The molecule has 0 spiro atoms. The van der Waals surface area contributed by atoms with Crippen molar-refractivity contribution in [2.45, 2.75) is 63.1 Å². The maximum absolute atomic E-state index is 12.3. The van der Waals surface area contributed by atoms with Gasteiger partial charge in [0.2, 0.25) is 0 Å². The zero-order valence-electron chi connectivity index (χ0n) is 21.9. The average molecular weight is 555 g/mol. The van der Waals surface area contributed by atoms with Crippen molar-refractivity contribution in [3.63, 3.8) is 0 Å². The lowest BCUT2D eigenvalue weighted by Crippen LogP contribution is -2.55. The van der Waals surface area contributed by atoms with Crippen LogP contribution in [0.5, 0.6) is 5.75 Å². The molecule has 0 saturated carbocycles. The summed E-state index contributed by atoms with van der Waals surface area (Å²) >= 11 is 6.47. The van der Waals surface area contributed by atoms with E-state index < -0.39 is 36.5 Å². The summed E-state index contributed by atoms with van der Waals surface area (Å²) in [5.41, 5.74) is 3.57. The van der Waals surface area contributed by atoms with Gasteiger partial charge in [-0.3, -0.25) is 4.79 Å². The second-order valence-electron chi connectivity index (χ2n) is 9.69. The van der Waals surface area contributed by atoms with E-state index in [-0.39, 0.29) is 13.0 Å². The van der Waals surface area contributed by atoms with E-state index in [2.05, 4.69) is 0 Å². The molecular formula is C31H35ClO7. The summed E-state index contributed by atoms with van der Waals surface area (Å²) in [7, 11) is 0. The summed E-state index contributed by atoms with van der Waals surface area (Å²) in [4.78, 5) is 12.3. The van der Waals surface area contributed by atoms with E-state index in [1.165, 1.54) is 0 Å². The largest absolute Gasteiger partial charge is 0.494 e. The van der Waals surface area contributed by atoms with Gasteiger partial charge < -0.3 is 29.5 Å². The molecule has 1 aliphatic rings. The molecule has 1 fully saturated rings. The molecule has 8 heteroatoms. The van der Waals surface area contributed by atoms with Crippen molar-refractivity contribution in [2.24, 2.45) is 0 Å². The van der Waals surface area contributed by atoms with Crippen LogP contribution in [0.15, 0.2) is 72.8 Å². The first kappa shape index (κ1) is 29.1. The Hall–Kier alpha value is -2.94. The number of benzene rings is 3. The zero-order valence-corrected chi connectivity index (χ0v) is 22.7. The highest BCUT2D eigenvalue weighted by Gasteiger charge is 2.44. The molecule has 208 valence electrons. The van der Waals surface area contributed by atoms with E-state index in [4.69, 9.17) is 25.8 Å². The molecule has 3 N–H and O–H groups in total. The molecule has 0 amide bonds. The lowest BCUT2D eigenvalue weighted by molar-refractivity contribution is -0.234. The number of aliphatic hydroxyl groups is 3. The third kappa shape index (κ3) is 7.81. The van der Waals surface area contributed by atoms with Crippen LogP contribution in [0.1, 0.15) is 48.1 Å². The quantitative estimate of drug-likeness (QED) is 0.301. The number of halogens is 1. The number of hydrogen-bond donors (Lipinski definition) is 3. The smallest absolute Gasteiger partial charge is 0.305 e. The number of esters is 1. The number of aliphatic hydroxyl groups excluding tert-OH is 3. The fraction of sp³-hybridized carbons (Fsp3) is 0.387. The van der Waals surface area contributed by atoms with Crippen molar-refractivity contribution >= 4 is 17.6 Å². The molecule has 3 aromatic rings. The Bertz CT molecular complexity index is 1200. The predicted molar refractivity (Wildman–Crippen MR) is 148 cm³/mol.